The summed E-state index contributed by atoms with van der Waals surface area (Å²) < 4.78 is 10.8. The van der Waals surface area contributed by atoms with Gasteiger partial charge in [0, 0.05) is 6.07 Å². The predicted octanol–water partition coefficient (Wildman–Crippen LogP) is 3.72. The van der Waals surface area contributed by atoms with E-state index in [1.807, 2.05) is 12.1 Å². The normalized spacial score (nSPS) is 16.9. The van der Waals surface area contributed by atoms with Crippen LogP contribution in [0, 0.1) is 0 Å². The van der Waals surface area contributed by atoms with Crippen LogP contribution in [0.25, 0.3) is 6.08 Å². The van der Waals surface area contributed by atoms with E-state index in [1.54, 1.807) is 25.5 Å². The van der Waals surface area contributed by atoms with E-state index in [1.165, 1.54) is 19.3 Å². The minimum Gasteiger partial charge on any atom is -0.508 e. The third-order valence-electron chi connectivity index (χ3n) is 3.23. The van der Waals surface area contributed by atoms with Crippen molar-refractivity contribution in [2.75, 3.05) is 7.11 Å². The first-order chi connectivity index (χ1) is 8.78. The van der Waals surface area contributed by atoms with Gasteiger partial charge in [-0.1, -0.05) is 6.42 Å². The van der Waals surface area contributed by atoms with Crippen LogP contribution in [0.5, 0.6) is 11.5 Å². The Kier molecular flexibility index (Phi) is 4.51. The van der Waals surface area contributed by atoms with E-state index in [0.29, 0.717) is 11.9 Å². The number of phenols is 1. The van der Waals surface area contributed by atoms with E-state index in [9.17, 15) is 5.11 Å². The van der Waals surface area contributed by atoms with E-state index in [2.05, 4.69) is 0 Å². The van der Waals surface area contributed by atoms with Gasteiger partial charge in [0.25, 0.3) is 0 Å². The van der Waals surface area contributed by atoms with Crippen molar-refractivity contribution in [1.82, 2.24) is 0 Å². The molecule has 0 atom stereocenters. The topological polar surface area (TPSA) is 38.7 Å². The van der Waals surface area contributed by atoms with Gasteiger partial charge in [0.15, 0.2) is 0 Å². The molecule has 0 heterocycles. The molecule has 0 amide bonds. The number of hydrogen-bond donors (Lipinski definition) is 1. The molecule has 0 aliphatic heterocycles. The molecule has 1 fully saturated rings. The van der Waals surface area contributed by atoms with E-state index < -0.39 is 0 Å². The van der Waals surface area contributed by atoms with Crippen molar-refractivity contribution in [3.05, 3.63) is 30.0 Å². The fourth-order valence-electron chi connectivity index (χ4n) is 2.25. The standard InChI is InChI=1S/C15H20O3/c1-17-15-10-12(9-13(16)11-15)7-8-18-14-5-3-2-4-6-14/h7-11,14,16H,2-6H2,1H3/b8-7+. The van der Waals surface area contributed by atoms with E-state index in [0.717, 1.165) is 18.4 Å². The van der Waals surface area contributed by atoms with Crippen molar-refractivity contribution in [2.24, 2.45) is 0 Å². The van der Waals surface area contributed by atoms with Gasteiger partial charge in [-0.05, 0) is 49.5 Å². The van der Waals surface area contributed by atoms with Gasteiger partial charge in [-0.15, -0.1) is 0 Å². The number of ether oxygens (including phenoxy) is 2. The maximum Gasteiger partial charge on any atom is 0.123 e. The molecular formula is C15H20O3. The second kappa shape index (κ2) is 6.34. The monoisotopic (exact) mass is 248 g/mol. The summed E-state index contributed by atoms with van der Waals surface area (Å²) in [5.74, 6) is 0.846. The largest absolute Gasteiger partial charge is 0.508 e. The van der Waals surface area contributed by atoms with Crippen molar-refractivity contribution < 1.29 is 14.6 Å². The number of benzene rings is 1. The van der Waals surface area contributed by atoms with Gasteiger partial charge in [-0.25, -0.2) is 0 Å². The molecule has 0 unspecified atom stereocenters. The number of hydrogen-bond acceptors (Lipinski definition) is 3. The fraction of sp³-hybridized carbons (Fsp3) is 0.467. The second-order valence-electron chi connectivity index (χ2n) is 4.66. The molecule has 18 heavy (non-hydrogen) atoms. The van der Waals surface area contributed by atoms with Gasteiger partial charge in [-0.3, -0.25) is 0 Å². The summed E-state index contributed by atoms with van der Waals surface area (Å²) in [5.41, 5.74) is 0.877. The highest BCUT2D eigenvalue weighted by Gasteiger charge is 2.12. The lowest BCUT2D eigenvalue weighted by Crippen LogP contribution is -2.13. The SMILES string of the molecule is COc1cc(O)cc(/C=C/OC2CCCCC2)c1. The average Bonchev–Trinajstić information content (AvgIpc) is 2.39. The molecular weight excluding hydrogens is 228 g/mol. The van der Waals surface area contributed by atoms with Crippen LogP contribution < -0.4 is 4.74 Å². The van der Waals surface area contributed by atoms with Crippen LogP contribution in [0.1, 0.15) is 37.7 Å². The van der Waals surface area contributed by atoms with Crippen molar-refractivity contribution >= 4 is 6.08 Å². The quantitative estimate of drug-likeness (QED) is 0.825. The first-order valence-electron chi connectivity index (χ1n) is 6.48. The third kappa shape index (κ3) is 3.69. The van der Waals surface area contributed by atoms with Crippen LogP contribution in [0.15, 0.2) is 24.5 Å². The van der Waals surface area contributed by atoms with Crippen LogP contribution >= 0.6 is 0 Å². The Labute approximate surface area is 108 Å². The Bertz CT molecular complexity index is 406. The van der Waals surface area contributed by atoms with Crippen LogP contribution in [0.3, 0.4) is 0 Å². The molecule has 1 saturated carbocycles. The molecule has 1 N–H and O–H groups in total. The summed E-state index contributed by atoms with van der Waals surface area (Å²) >= 11 is 0. The van der Waals surface area contributed by atoms with Crippen LogP contribution in [0.4, 0.5) is 0 Å². The van der Waals surface area contributed by atoms with E-state index in [4.69, 9.17) is 9.47 Å². The average molecular weight is 248 g/mol. The summed E-state index contributed by atoms with van der Waals surface area (Å²) in [7, 11) is 1.58. The van der Waals surface area contributed by atoms with E-state index >= 15 is 0 Å². The van der Waals surface area contributed by atoms with Crippen molar-refractivity contribution in [1.29, 1.82) is 0 Å². The Morgan fingerprint density at radius 3 is 2.67 bits per heavy atom. The summed E-state index contributed by atoms with van der Waals surface area (Å²) in [6.45, 7) is 0. The Morgan fingerprint density at radius 2 is 1.94 bits per heavy atom. The number of phenolic OH excluding ortho intramolecular Hbond substituents is 1. The minimum atomic E-state index is 0.201. The number of aromatic hydroxyl groups is 1. The Balaban J connectivity index is 1.93. The first kappa shape index (κ1) is 12.8. The maximum atomic E-state index is 9.52. The summed E-state index contributed by atoms with van der Waals surface area (Å²) in [6, 6.07) is 5.13. The molecule has 1 aliphatic carbocycles. The van der Waals surface area contributed by atoms with Gasteiger partial charge < -0.3 is 14.6 Å². The number of methoxy groups -OCH3 is 1. The zero-order valence-corrected chi connectivity index (χ0v) is 10.8. The van der Waals surface area contributed by atoms with Gasteiger partial charge in [0.1, 0.15) is 11.5 Å². The molecule has 3 nitrogen and oxygen atoms in total. The summed E-state index contributed by atoms with van der Waals surface area (Å²) in [6.07, 6.45) is 10.1. The first-order valence-corrected chi connectivity index (χ1v) is 6.48. The number of rotatable bonds is 4. The van der Waals surface area contributed by atoms with Gasteiger partial charge in [0.05, 0.1) is 19.5 Å². The van der Waals surface area contributed by atoms with Crippen molar-refractivity contribution in [3.63, 3.8) is 0 Å². The van der Waals surface area contributed by atoms with Gasteiger partial charge in [0.2, 0.25) is 0 Å². The molecule has 0 aromatic heterocycles. The highest BCUT2D eigenvalue weighted by atomic mass is 16.5. The summed E-state index contributed by atoms with van der Waals surface area (Å²) in [4.78, 5) is 0. The third-order valence-corrected chi connectivity index (χ3v) is 3.23. The van der Waals surface area contributed by atoms with E-state index in [-0.39, 0.29) is 5.75 Å². The van der Waals surface area contributed by atoms with Crippen LogP contribution in [-0.4, -0.2) is 18.3 Å². The molecule has 0 radical (unpaired) electrons. The highest BCUT2D eigenvalue weighted by Crippen LogP contribution is 2.23. The zero-order valence-electron chi connectivity index (χ0n) is 10.8. The van der Waals surface area contributed by atoms with Crippen LogP contribution in [-0.2, 0) is 4.74 Å². The van der Waals surface area contributed by atoms with Gasteiger partial charge in [-0.2, -0.15) is 0 Å². The molecule has 98 valence electrons. The fourth-order valence-corrected chi connectivity index (χ4v) is 2.25. The van der Waals surface area contributed by atoms with Crippen molar-refractivity contribution in [2.45, 2.75) is 38.2 Å². The maximum absolute atomic E-state index is 9.52. The lowest BCUT2D eigenvalue weighted by Gasteiger charge is -2.20. The zero-order chi connectivity index (χ0) is 12.8. The second-order valence-corrected chi connectivity index (χ2v) is 4.66. The van der Waals surface area contributed by atoms with Crippen molar-refractivity contribution in [3.8, 4) is 11.5 Å². The summed E-state index contributed by atoms with van der Waals surface area (Å²) in [5, 5.41) is 9.52. The Morgan fingerprint density at radius 1 is 1.17 bits per heavy atom. The molecule has 1 aromatic rings. The van der Waals surface area contributed by atoms with Gasteiger partial charge >= 0.3 is 0 Å². The molecule has 0 bridgehead atoms. The molecule has 0 saturated heterocycles. The lowest BCUT2D eigenvalue weighted by atomic mass is 9.98. The smallest absolute Gasteiger partial charge is 0.123 e. The molecule has 1 aromatic carbocycles. The molecule has 1 aliphatic rings. The molecule has 0 spiro atoms. The van der Waals surface area contributed by atoms with Crippen LogP contribution in [0.2, 0.25) is 0 Å². The molecule has 3 heteroatoms. The highest BCUT2D eigenvalue weighted by molar-refractivity contribution is 5.54. The molecule has 2 rings (SSSR count). The predicted molar refractivity (Wildman–Crippen MR) is 71.7 cm³/mol. The lowest BCUT2D eigenvalue weighted by molar-refractivity contribution is 0.108. The Hall–Kier alpha value is -1.64. The minimum absolute atomic E-state index is 0.201.